The molecule has 7 heteroatoms. The van der Waals surface area contributed by atoms with E-state index in [4.69, 9.17) is 5.11 Å². The maximum atomic E-state index is 13.0. The number of fused-ring (bicyclic) bond motifs is 1. The largest absolute Gasteiger partial charge is 0.396 e. The van der Waals surface area contributed by atoms with Gasteiger partial charge in [-0.15, -0.1) is 11.8 Å². The molecule has 0 saturated heterocycles. The lowest BCUT2D eigenvalue weighted by molar-refractivity contribution is 0.322. The Morgan fingerprint density at radius 1 is 1.20 bits per heavy atom. The third-order valence-corrected chi connectivity index (χ3v) is 3.72. The van der Waals surface area contributed by atoms with Crippen LogP contribution in [0.25, 0.3) is 16.7 Å². The normalized spacial score (nSPS) is 11.1. The zero-order valence-corrected chi connectivity index (χ0v) is 11.2. The van der Waals surface area contributed by atoms with Crippen LogP contribution in [0.15, 0.2) is 41.8 Å². The molecule has 0 spiro atoms. The Labute approximate surface area is 118 Å². The number of halogens is 1. The SMILES string of the molecule is OCCSc1ncnc2c1cnn2-c1ccc(F)cc1. The van der Waals surface area contributed by atoms with Gasteiger partial charge in [0.15, 0.2) is 5.65 Å². The Bertz CT molecular complexity index is 729. The van der Waals surface area contributed by atoms with Gasteiger partial charge < -0.3 is 5.11 Å². The van der Waals surface area contributed by atoms with Crippen molar-refractivity contribution in [3.05, 3.63) is 42.6 Å². The van der Waals surface area contributed by atoms with Crippen molar-refractivity contribution in [2.75, 3.05) is 12.4 Å². The van der Waals surface area contributed by atoms with E-state index in [1.54, 1.807) is 23.0 Å². The van der Waals surface area contributed by atoms with E-state index >= 15 is 0 Å². The molecule has 102 valence electrons. The second-order valence-corrected chi connectivity index (χ2v) is 5.10. The maximum Gasteiger partial charge on any atom is 0.167 e. The average Bonchev–Trinajstić information content (AvgIpc) is 2.90. The predicted octanol–water partition coefficient (Wildman–Crippen LogP) is 2.04. The van der Waals surface area contributed by atoms with Crippen LogP contribution in [0.3, 0.4) is 0 Å². The van der Waals surface area contributed by atoms with Gasteiger partial charge in [-0.1, -0.05) is 0 Å². The summed E-state index contributed by atoms with van der Waals surface area (Å²) in [5, 5.41) is 14.8. The first-order chi connectivity index (χ1) is 9.79. The van der Waals surface area contributed by atoms with E-state index in [-0.39, 0.29) is 12.4 Å². The molecule has 0 amide bonds. The van der Waals surface area contributed by atoms with Crippen LogP contribution in [0, 0.1) is 5.82 Å². The number of thioether (sulfide) groups is 1. The zero-order valence-electron chi connectivity index (χ0n) is 10.4. The number of aromatic nitrogens is 4. The highest BCUT2D eigenvalue weighted by molar-refractivity contribution is 7.99. The molecule has 0 radical (unpaired) electrons. The molecule has 2 aromatic heterocycles. The molecule has 20 heavy (non-hydrogen) atoms. The number of aliphatic hydroxyl groups is 1. The maximum absolute atomic E-state index is 13.0. The third-order valence-electron chi connectivity index (χ3n) is 2.73. The van der Waals surface area contributed by atoms with Crippen LogP contribution in [-0.2, 0) is 0 Å². The molecular weight excluding hydrogens is 279 g/mol. The van der Waals surface area contributed by atoms with Crippen molar-refractivity contribution < 1.29 is 9.50 Å². The van der Waals surface area contributed by atoms with Crippen LogP contribution >= 0.6 is 11.8 Å². The van der Waals surface area contributed by atoms with Gasteiger partial charge in [0.05, 0.1) is 23.9 Å². The van der Waals surface area contributed by atoms with Crippen LogP contribution in [0.1, 0.15) is 0 Å². The quantitative estimate of drug-likeness (QED) is 0.588. The Hall–Kier alpha value is -1.99. The van der Waals surface area contributed by atoms with Crippen molar-refractivity contribution in [1.29, 1.82) is 0 Å². The number of hydrogen-bond donors (Lipinski definition) is 1. The first kappa shape index (κ1) is 13.0. The molecule has 3 rings (SSSR count). The molecule has 1 N–H and O–H groups in total. The van der Waals surface area contributed by atoms with Gasteiger partial charge in [-0.3, -0.25) is 0 Å². The Morgan fingerprint density at radius 2 is 2.00 bits per heavy atom. The van der Waals surface area contributed by atoms with Crippen molar-refractivity contribution in [1.82, 2.24) is 19.7 Å². The molecule has 5 nitrogen and oxygen atoms in total. The molecule has 1 aromatic carbocycles. The zero-order chi connectivity index (χ0) is 13.9. The average molecular weight is 290 g/mol. The highest BCUT2D eigenvalue weighted by atomic mass is 32.2. The van der Waals surface area contributed by atoms with Crippen LogP contribution in [0.5, 0.6) is 0 Å². The van der Waals surface area contributed by atoms with Gasteiger partial charge in [-0.05, 0) is 24.3 Å². The Morgan fingerprint density at radius 3 is 2.75 bits per heavy atom. The standard InChI is InChI=1S/C13H11FN4OS/c14-9-1-3-10(4-2-9)18-12-11(7-17-18)13(16-8-15-12)20-6-5-19/h1-4,7-8,19H,5-6H2. The first-order valence-corrected chi connectivity index (χ1v) is 6.96. The molecule has 0 aliphatic heterocycles. The highest BCUT2D eigenvalue weighted by Gasteiger charge is 2.11. The van der Waals surface area contributed by atoms with Gasteiger partial charge in [0.1, 0.15) is 17.2 Å². The van der Waals surface area contributed by atoms with Crippen molar-refractivity contribution >= 4 is 22.8 Å². The summed E-state index contributed by atoms with van der Waals surface area (Å²) in [6.07, 6.45) is 3.14. The summed E-state index contributed by atoms with van der Waals surface area (Å²) in [6, 6.07) is 6.05. The minimum atomic E-state index is -0.293. The molecule has 3 aromatic rings. The van der Waals surface area contributed by atoms with Gasteiger partial charge in [-0.25, -0.2) is 19.0 Å². The lowest BCUT2D eigenvalue weighted by Crippen LogP contribution is -1.98. The summed E-state index contributed by atoms with van der Waals surface area (Å²) < 4.78 is 14.6. The van der Waals surface area contributed by atoms with Gasteiger partial charge in [-0.2, -0.15) is 5.10 Å². The molecule has 0 atom stereocenters. The Balaban J connectivity index is 2.07. The minimum absolute atomic E-state index is 0.0856. The number of rotatable bonds is 4. The van der Waals surface area contributed by atoms with E-state index in [2.05, 4.69) is 15.1 Å². The fraction of sp³-hybridized carbons (Fsp3) is 0.154. The number of benzene rings is 1. The highest BCUT2D eigenvalue weighted by Crippen LogP contribution is 2.25. The third kappa shape index (κ3) is 2.37. The van der Waals surface area contributed by atoms with E-state index < -0.39 is 0 Å². The van der Waals surface area contributed by atoms with Crippen LogP contribution in [-0.4, -0.2) is 37.2 Å². The van der Waals surface area contributed by atoms with E-state index in [0.717, 1.165) is 16.1 Å². The first-order valence-electron chi connectivity index (χ1n) is 5.98. The van der Waals surface area contributed by atoms with Crippen molar-refractivity contribution in [2.24, 2.45) is 0 Å². The van der Waals surface area contributed by atoms with Gasteiger partial charge in [0, 0.05) is 5.75 Å². The second-order valence-electron chi connectivity index (χ2n) is 4.02. The van der Waals surface area contributed by atoms with Crippen molar-refractivity contribution in [3.63, 3.8) is 0 Å². The van der Waals surface area contributed by atoms with Crippen LogP contribution < -0.4 is 0 Å². The molecule has 0 aliphatic rings. The van der Waals surface area contributed by atoms with Gasteiger partial charge in [0.25, 0.3) is 0 Å². The van der Waals surface area contributed by atoms with E-state index in [0.29, 0.717) is 11.4 Å². The number of hydrogen-bond acceptors (Lipinski definition) is 5. The fourth-order valence-corrected chi connectivity index (χ4v) is 2.56. The fourth-order valence-electron chi connectivity index (χ4n) is 1.85. The summed E-state index contributed by atoms with van der Waals surface area (Å²) in [5.41, 5.74) is 1.39. The summed E-state index contributed by atoms with van der Waals surface area (Å²) in [7, 11) is 0. The Kier molecular flexibility index (Phi) is 3.62. The van der Waals surface area contributed by atoms with Crippen LogP contribution in [0.4, 0.5) is 4.39 Å². The molecule has 0 unspecified atom stereocenters. The summed E-state index contributed by atoms with van der Waals surface area (Å²) in [5.74, 6) is 0.271. The number of nitrogens with zero attached hydrogens (tertiary/aromatic N) is 4. The van der Waals surface area contributed by atoms with E-state index in [9.17, 15) is 4.39 Å². The molecule has 0 aliphatic carbocycles. The van der Waals surface area contributed by atoms with Crippen LogP contribution in [0.2, 0.25) is 0 Å². The molecule has 0 bridgehead atoms. The molecular formula is C13H11FN4OS. The summed E-state index contributed by atoms with van der Waals surface area (Å²) >= 11 is 1.45. The minimum Gasteiger partial charge on any atom is -0.396 e. The smallest absolute Gasteiger partial charge is 0.167 e. The topological polar surface area (TPSA) is 63.8 Å². The van der Waals surface area contributed by atoms with Gasteiger partial charge in [0.2, 0.25) is 0 Å². The predicted molar refractivity (Wildman–Crippen MR) is 74.4 cm³/mol. The second kappa shape index (κ2) is 5.56. The van der Waals surface area contributed by atoms with Crippen molar-refractivity contribution in [2.45, 2.75) is 5.03 Å². The summed E-state index contributed by atoms with van der Waals surface area (Å²) in [6.45, 7) is 0.0856. The molecule has 2 heterocycles. The molecule has 0 fully saturated rings. The number of aliphatic hydroxyl groups excluding tert-OH is 1. The monoisotopic (exact) mass is 290 g/mol. The van der Waals surface area contributed by atoms with E-state index in [1.165, 1.54) is 30.2 Å². The van der Waals surface area contributed by atoms with Gasteiger partial charge >= 0.3 is 0 Å². The summed E-state index contributed by atoms with van der Waals surface area (Å²) in [4.78, 5) is 8.42. The van der Waals surface area contributed by atoms with Crippen molar-refractivity contribution in [3.8, 4) is 5.69 Å². The molecule has 0 saturated carbocycles. The lowest BCUT2D eigenvalue weighted by atomic mass is 10.3. The van der Waals surface area contributed by atoms with E-state index in [1.807, 2.05) is 0 Å². The lowest BCUT2D eigenvalue weighted by Gasteiger charge is -2.03.